The summed E-state index contributed by atoms with van der Waals surface area (Å²) in [4.78, 5) is 27.6. The lowest BCUT2D eigenvalue weighted by molar-refractivity contribution is -0.148. The number of hydrogen-bond acceptors (Lipinski definition) is 6. The van der Waals surface area contributed by atoms with Gasteiger partial charge in [-0.3, -0.25) is 9.69 Å². The average molecular weight is 566 g/mol. The van der Waals surface area contributed by atoms with Crippen LogP contribution in [0, 0.1) is 0 Å². The van der Waals surface area contributed by atoms with Gasteiger partial charge in [-0.05, 0) is 73.0 Å². The van der Waals surface area contributed by atoms with Gasteiger partial charge in [0, 0.05) is 24.8 Å². The fourth-order valence-electron chi connectivity index (χ4n) is 4.92. The molecular weight excluding hydrogens is 530 g/mol. The summed E-state index contributed by atoms with van der Waals surface area (Å²) >= 11 is 0. The van der Waals surface area contributed by atoms with Gasteiger partial charge in [-0.1, -0.05) is 60.7 Å². The summed E-state index contributed by atoms with van der Waals surface area (Å²) in [7, 11) is 0. The van der Waals surface area contributed by atoms with Crippen molar-refractivity contribution in [3.63, 3.8) is 0 Å². The number of amides is 2. The third-order valence-electron chi connectivity index (χ3n) is 6.95. The normalized spacial score (nSPS) is 16.4. The zero-order valence-electron chi connectivity index (χ0n) is 23.6. The van der Waals surface area contributed by atoms with Crippen LogP contribution in [0.25, 0.3) is 0 Å². The Morgan fingerprint density at radius 1 is 0.786 bits per heavy atom. The number of nitrogens with one attached hydrogen (secondary N) is 2. The van der Waals surface area contributed by atoms with E-state index < -0.39 is 6.04 Å². The summed E-state index contributed by atoms with van der Waals surface area (Å²) in [5.74, 6) is 1.94. The van der Waals surface area contributed by atoms with Crippen molar-refractivity contribution in [1.29, 1.82) is 0 Å². The standard InChI is InChI=1S/C34H35N3O5/c1-2-40-33(38)32-21-28(23-37(32)22-25-13-17-31(18-14-25)42-30-11-7-4-8-12-30)36-34(39)35-27-15-19-29(20-16-27)41-24-26-9-5-3-6-10-26/h3-20,28,32H,2,21-24H2,1H3,(H2,35,36,39)/t28-,32-/m0/s1. The van der Waals surface area contributed by atoms with Crippen molar-refractivity contribution < 1.29 is 23.8 Å². The number of benzene rings is 4. The fraction of sp³-hybridized carbons (Fsp3) is 0.235. The molecule has 0 unspecified atom stereocenters. The van der Waals surface area contributed by atoms with Crippen LogP contribution in [0.4, 0.5) is 10.5 Å². The Bertz CT molecular complexity index is 1430. The van der Waals surface area contributed by atoms with E-state index >= 15 is 0 Å². The highest BCUT2D eigenvalue weighted by Gasteiger charge is 2.38. The van der Waals surface area contributed by atoms with Crippen molar-refractivity contribution in [3.8, 4) is 17.2 Å². The zero-order chi connectivity index (χ0) is 29.1. The summed E-state index contributed by atoms with van der Waals surface area (Å²) in [5, 5.41) is 5.89. The van der Waals surface area contributed by atoms with Gasteiger partial charge in [-0.15, -0.1) is 0 Å². The predicted molar refractivity (Wildman–Crippen MR) is 162 cm³/mol. The molecule has 5 rings (SSSR count). The predicted octanol–water partition coefficient (Wildman–Crippen LogP) is 6.39. The molecule has 8 heteroatoms. The Morgan fingerprint density at radius 2 is 1.43 bits per heavy atom. The molecule has 216 valence electrons. The molecule has 4 aromatic carbocycles. The maximum atomic E-state index is 12.8. The highest BCUT2D eigenvalue weighted by molar-refractivity contribution is 5.89. The largest absolute Gasteiger partial charge is 0.489 e. The molecule has 2 N–H and O–H groups in total. The summed E-state index contributed by atoms with van der Waals surface area (Å²) < 4.78 is 17.1. The SMILES string of the molecule is CCOC(=O)[C@@H]1C[C@H](NC(=O)Nc2ccc(OCc3ccccc3)cc2)CN1Cc1ccc(Oc2ccccc2)cc1. The minimum atomic E-state index is -0.448. The molecular formula is C34H35N3O5. The summed E-state index contributed by atoms with van der Waals surface area (Å²) in [6, 6.07) is 33.6. The quantitative estimate of drug-likeness (QED) is 0.205. The molecule has 2 atom stereocenters. The van der Waals surface area contributed by atoms with Crippen LogP contribution >= 0.6 is 0 Å². The lowest BCUT2D eigenvalue weighted by atomic mass is 10.1. The van der Waals surface area contributed by atoms with E-state index in [0.717, 1.165) is 22.6 Å². The van der Waals surface area contributed by atoms with Gasteiger partial charge < -0.3 is 24.8 Å². The van der Waals surface area contributed by atoms with E-state index in [1.54, 1.807) is 19.1 Å². The Morgan fingerprint density at radius 3 is 2.12 bits per heavy atom. The lowest BCUT2D eigenvalue weighted by Gasteiger charge is -2.22. The first-order chi connectivity index (χ1) is 20.6. The minimum Gasteiger partial charge on any atom is -0.489 e. The van der Waals surface area contributed by atoms with E-state index in [1.807, 2.05) is 97.1 Å². The van der Waals surface area contributed by atoms with Gasteiger partial charge in [-0.25, -0.2) is 4.79 Å². The summed E-state index contributed by atoms with van der Waals surface area (Å²) in [5.41, 5.74) is 2.76. The molecule has 42 heavy (non-hydrogen) atoms. The highest BCUT2D eigenvalue weighted by atomic mass is 16.5. The molecule has 0 radical (unpaired) electrons. The van der Waals surface area contributed by atoms with Gasteiger partial charge in [-0.2, -0.15) is 0 Å². The third kappa shape index (κ3) is 8.11. The zero-order valence-corrected chi connectivity index (χ0v) is 23.6. The Labute approximate surface area is 246 Å². The highest BCUT2D eigenvalue weighted by Crippen LogP contribution is 2.25. The Kier molecular flexibility index (Phi) is 9.69. The maximum absolute atomic E-state index is 12.8. The van der Waals surface area contributed by atoms with Crippen molar-refractivity contribution in [2.24, 2.45) is 0 Å². The van der Waals surface area contributed by atoms with Gasteiger partial charge >= 0.3 is 12.0 Å². The summed E-state index contributed by atoms with van der Waals surface area (Å²) in [6.07, 6.45) is 0.466. The van der Waals surface area contributed by atoms with E-state index in [2.05, 4.69) is 15.5 Å². The van der Waals surface area contributed by atoms with Crippen molar-refractivity contribution >= 4 is 17.7 Å². The summed E-state index contributed by atoms with van der Waals surface area (Å²) in [6.45, 7) is 3.63. The number of rotatable bonds is 11. The molecule has 0 aromatic heterocycles. The average Bonchev–Trinajstić information content (AvgIpc) is 3.40. The number of para-hydroxylation sites is 1. The smallest absolute Gasteiger partial charge is 0.323 e. The third-order valence-corrected chi connectivity index (χ3v) is 6.95. The van der Waals surface area contributed by atoms with Gasteiger partial charge in [0.05, 0.1) is 6.61 Å². The second kappa shape index (κ2) is 14.2. The molecule has 8 nitrogen and oxygen atoms in total. The maximum Gasteiger partial charge on any atom is 0.323 e. The topological polar surface area (TPSA) is 89.1 Å². The number of likely N-dealkylation sites (tertiary alicyclic amines) is 1. The molecule has 1 heterocycles. The first-order valence-electron chi connectivity index (χ1n) is 14.1. The van der Waals surface area contributed by atoms with Gasteiger partial charge in [0.25, 0.3) is 0 Å². The second-order valence-corrected chi connectivity index (χ2v) is 10.1. The fourth-order valence-corrected chi connectivity index (χ4v) is 4.92. The van der Waals surface area contributed by atoms with Gasteiger partial charge in [0.1, 0.15) is 29.9 Å². The number of urea groups is 1. The van der Waals surface area contributed by atoms with Crippen molar-refractivity contribution in [1.82, 2.24) is 10.2 Å². The van der Waals surface area contributed by atoms with Gasteiger partial charge in [0.2, 0.25) is 0 Å². The molecule has 1 aliphatic heterocycles. The molecule has 0 saturated carbocycles. The molecule has 4 aromatic rings. The minimum absolute atomic E-state index is 0.214. The van der Waals surface area contributed by atoms with Gasteiger partial charge in [0.15, 0.2) is 0 Å². The first-order valence-corrected chi connectivity index (χ1v) is 14.1. The molecule has 1 aliphatic rings. The number of ether oxygens (including phenoxy) is 3. The van der Waals surface area contributed by atoms with E-state index in [9.17, 15) is 9.59 Å². The van der Waals surface area contributed by atoms with Crippen molar-refractivity contribution in [2.45, 2.75) is 38.6 Å². The van der Waals surface area contributed by atoms with Crippen LogP contribution in [0.3, 0.4) is 0 Å². The molecule has 0 spiro atoms. The number of hydrogen-bond donors (Lipinski definition) is 2. The van der Waals surface area contributed by atoms with Crippen molar-refractivity contribution in [2.75, 3.05) is 18.5 Å². The number of nitrogens with zero attached hydrogens (tertiary/aromatic N) is 1. The van der Waals surface area contributed by atoms with E-state index in [4.69, 9.17) is 14.2 Å². The molecule has 1 fully saturated rings. The van der Waals surface area contributed by atoms with E-state index in [0.29, 0.717) is 44.2 Å². The van der Waals surface area contributed by atoms with Crippen LogP contribution in [0.5, 0.6) is 17.2 Å². The van der Waals surface area contributed by atoms with Crippen LogP contribution in [-0.4, -0.2) is 42.1 Å². The van der Waals surface area contributed by atoms with Crippen molar-refractivity contribution in [3.05, 3.63) is 120 Å². The van der Waals surface area contributed by atoms with Crippen LogP contribution in [-0.2, 0) is 22.7 Å². The second-order valence-electron chi connectivity index (χ2n) is 10.1. The Balaban J connectivity index is 1.14. The van der Waals surface area contributed by atoms with E-state index in [1.165, 1.54) is 0 Å². The van der Waals surface area contributed by atoms with Crippen LogP contribution in [0.15, 0.2) is 109 Å². The molecule has 1 saturated heterocycles. The van der Waals surface area contributed by atoms with Crippen LogP contribution in [0.2, 0.25) is 0 Å². The molecule has 0 aliphatic carbocycles. The first kappa shape index (κ1) is 28.7. The number of esters is 1. The van der Waals surface area contributed by atoms with Crippen LogP contribution in [0.1, 0.15) is 24.5 Å². The van der Waals surface area contributed by atoms with Crippen LogP contribution < -0.4 is 20.1 Å². The monoisotopic (exact) mass is 565 g/mol. The lowest BCUT2D eigenvalue weighted by Crippen LogP contribution is -2.39. The number of anilines is 1. The number of carbonyl (C=O) groups excluding carboxylic acids is 2. The number of carbonyl (C=O) groups is 2. The molecule has 0 bridgehead atoms. The van der Waals surface area contributed by atoms with E-state index in [-0.39, 0.29) is 18.0 Å². The Hall–Kier alpha value is -4.82. The molecule has 2 amide bonds.